The Morgan fingerprint density at radius 3 is 2.38 bits per heavy atom. The van der Waals surface area contributed by atoms with Gasteiger partial charge in [0, 0.05) is 13.1 Å². The van der Waals surface area contributed by atoms with Crippen LogP contribution in [0.5, 0.6) is 0 Å². The van der Waals surface area contributed by atoms with E-state index in [1.54, 1.807) is 13.1 Å². The highest BCUT2D eigenvalue weighted by Gasteiger charge is 2.04. The molecule has 72 valence electrons. The molecule has 0 fully saturated rings. The fourth-order valence-electron chi connectivity index (χ4n) is 0.642. The molecule has 1 heterocycles. The maximum Gasteiger partial charge on any atom is 0.363 e. The lowest BCUT2D eigenvalue weighted by molar-refractivity contribution is -0.389. The van der Waals surface area contributed by atoms with Crippen LogP contribution in [0.4, 0.5) is 11.5 Å². The highest BCUT2D eigenvalue weighted by atomic mass is 16.6. The first-order chi connectivity index (χ1) is 6.24. The third-order valence-electron chi connectivity index (χ3n) is 1.22. The summed E-state index contributed by atoms with van der Waals surface area (Å²) in [6, 6.07) is 2.96. The Hall–Kier alpha value is -1.65. The molecule has 0 saturated heterocycles. The summed E-state index contributed by atoms with van der Waals surface area (Å²) in [6.45, 7) is 4.00. The zero-order chi connectivity index (χ0) is 10.3. The average Bonchev–Trinajstić information content (AvgIpc) is 2.21. The fourth-order valence-corrected chi connectivity index (χ4v) is 0.642. The molecule has 0 saturated carbocycles. The molecule has 0 aromatic carbocycles. The molecule has 0 radical (unpaired) electrons. The molecule has 1 N–H and O–H groups in total. The van der Waals surface area contributed by atoms with Crippen molar-refractivity contribution in [2.75, 3.05) is 12.4 Å². The summed E-state index contributed by atoms with van der Waals surface area (Å²) >= 11 is 0. The molecule has 0 aliphatic carbocycles. The van der Waals surface area contributed by atoms with Gasteiger partial charge in [0.05, 0.1) is 5.69 Å². The van der Waals surface area contributed by atoms with Crippen LogP contribution >= 0.6 is 0 Å². The molecule has 1 rings (SSSR count). The number of rotatable bonds is 2. The van der Waals surface area contributed by atoms with Crippen LogP contribution in [0, 0.1) is 10.1 Å². The molecule has 0 unspecified atom stereocenters. The topological polar surface area (TPSA) is 68.1 Å². The van der Waals surface area contributed by atoms with Gasteiger partial charge in [-0.3, -0.25) is 0 Å². The Balaban J connectivity index is 0.000000671. The second-order valence-corrected chi connectivity index (χ2v) is 1.91. The van der Waals surface area contributed by atoms with Gasteiger partial charge in [0.2, 0.25) is 0 Å². The van der Waals surface area contributed by atoms with Crippen LogP contribution in [0.2, 0.25) is 0 Å². The molecule has 0 aliphatic rings. The SMILES string of the molecule is CC.CNc1ccc([N+](=O)[O-])nc1. The summed E-state index contributed by atoms with van der Waals surface area (Å²) in [5, 5.41) is 12.9. The van der Waals surface area contributed by atoms with Crippen LogP contribution in [0.3, 0.4) is 0 Å². The molecule has 1 aromatic heterocycles. The Morgan fingerprint density at radius 2 is 2.08 bits per heavy atom. The van der Waals surface area contributed by atoms with E-state index in [0.717, 1.165) is 5.69 Å². The van der Waals surface area contributed by atoms with E-state index in [1.807, 2.05) is 13.8 Å². The van der Waals surface area contributed by atoms with Gasteiger partial charge in [-0.25, -0.2) is 0 Å². The molecule has 5 nitrogen and oxygen atoms in total. The van der Waals surface area contributed by atoms with Crippen LogP contribution < -0.4 is 5.32 Å². The first-order valence-corrected chi connectivity index (χ1v) is 4.02. The van der Waals surface area contributed by atoms with Gasteiger partial charge >= 0.3 is 5.82 Å². The van der Waals surface area contributed by atoms with Gasteiger partial charge < -0.3 is 15.4 Å². The van der Waals surface area contributed by atoms with Crippen LogP contribution in [0.15, 0.2) is 18.3 Å². The lowest BCUT2D eigenvalue weighted by atomic mass is 10.4. The molecule has 0 bridgehead atoms. The molecule has 0 spiro atoms. The lowest BCUT2D eigenvalue weighted by Gasteiger charge is -1.94. The monoisotopic (exact) mass is 183 g/mol. The van der Waals surface area contributed by atoms with Crippen molar-refractivity contribution in [1.29, 1.82) is 0 Å². The number of nitrogens with one attached hydrogen (secondary N) is 1. The van der Waals surface area contributed by atoms with E-state index < -0.39 is 4.92 Å². The fraction of sp³-hybridized carbons (Fsp3) is 0.375. The van der Waals surface area contributed by atoms with Crippen molar-refractivity contribution < 1.29 is 4.92 Å². The van der Waals surface area contributed by atoms with Crippen LogP contribution in [0.1, 0.15) is 13.8 Å². The highest BCUT2D eigenvalue weighted by Crippen LogP contribution is 2.09. The molecular formula is C8H13N3O2. The van der Waals surface area contributed by atoms with Gasteiger partial charge in [-0.05, 0) is 16.0 Å². The molecule has 0 amide bonds. The number of nitrogens with zero attached hydrogens (tertiary/aromatic N) is 2. The summed E-state index contributed by atoms with van der Waals surface area (Å²) in [4.78, 5) is 13.2. The van der Waals surface area contributed by atoms with E-state index in [2.05, 4.69) is 10.3 Å². The smallest absolute Gasteiger partial charge is 0.363 e. The van der Waals surface area contributed by atoms with Gasteiger partial charge in [0.1, 0.15) is 0 Å². The molecule has 1 aromatic rings. The first-order valence-electron chi connectivity index (χ1n) is 4.02. The van der Waals surface area contributed by atoms with Crippen molar-refractivity contribution >= 4 is 11.5 Å². The predicted octanol–water partition coefficient (Wildman–Crippen LogP) is 2.06. The summed E-state index contributed by atoms with van der Waals surface area (Å²) in [7, 11) is 1.73. The Labute approximate surface area is 77.0 Å². The summed E-state index contributed by atoms with van der Waals surface area (Å²) in [6.07, 6.45) is 1.41. The van der Waals surface area contributed by atoms with Gasteiger partial charge in [0.15, 0.2) is 6.20 Å². The van der Waals surface area contributed by atoms with Crippen LogP contribution in [0.25, 0.3) is 0 Å². The number of anilines is 1. The maximum absolute atomic E-state index is 10.1. The zero-order valence-electron chi connectivity index (χ0n) is 7.94. The number of aromatic nitrogens is 1. The van der Waals surface area contributed by atoms with Gasteiger partial charge in [-0.2, -0.15) is 0 Å². The zero-order valence-corrected chi connectivity index (χ0v) is 7.94. The van der Waals surface area contributed by atoms with Crippen molar-refractivity contribution in [2.45, 2.75) is 13.8 Å². The quantitative estimate of drug-likeness (QED) is 0.562. The van der Waals surface area contributed by atoms with Crippen molar-refractivity contribution in [3.63, 3.8) is 0 Å². The van der Waals surface area contributed by atoms with E-state index in [9.17, 15) is 10.1 Å². The van der Waals surface area contributed by atoms with Crippen LogP contribution in [-0.4, -0.2) is 17.0 Å². The predicted molar refractivity (Wildman–Crippen MR) is 51.8 cm³/mol. The Kier molecular flexibility index (Phi) is 5.18. The number of hydrogen-bond donors (Lipinski definition) is 1. The first kappa shape index (κ1) is 11.4. The number of hydrogen-bond acceptors (Lipinski definition) is 4. The Bertz CT molecular complexity index is 259. The number of pyridine rings is 1. The van der Waals surface area contributed by atoms with E-state index >= 15 is 0 Å². The molecular weight excluding hydrogens is 170 g/mol. The largest absolute Gasteiger partial charge is 0.385 e. The third kappa shape index (κ3) is 3.50. The molecule has 0 atom stereocenters. The summed E-state index contributed by atoms with van der Waals surface area (Å²) < 4.78 is 0. The minimum atomic E-state index is -0.528. The van der Waals surface area contributed by atoms with Crippen molar-refractivity contribution in [3.05, 3.63) is 28.4 Å². The second kappa shape index (κ2) is 5.93. The summed E-state index contributed by atoms with van der Waals surface area (Å²) in [5.74, 6) is -0.135. The Morgan fingerprint density at radius 1 is 1.46 bits per heavy atom. The molecule has 13 heavy (non-hydrogen) atoms. The standard InChI is InChI=1S/C6H7N3O2.C2H6/c1-7-5-2-3-6(8-4-5)9(10)11;1-2/h2-4,7H,1H3;1-2H3. The summed E-state index contributed by atoms with van der Waals surface area (Å²) in [5.41, 5.74) is 0.760. The van der Waals surface area contributed by atoms with Crippen molar-refractivity contribution in [1.82, 2.24) is 4.98 Å². The minimum Gasteiger partial charge on any atom is -0.385 e. The van der Waals surface area contributed by atoms with E-state index in [1.165, 1.54) is 12.3 Å². The number of nitro groups is 1. The normalized spacial score (nSPS) is 8.23. The van der Waals surface area contributed by atoms with E-state index in [0.29, 0.717) is 0 Å². The van der Waals surface area contributed by atoms with Crippen LogP contribution in [-0.2, 0) is 0 Å². The molecule has 0 aliphatic heterocycles. The van der Waals surface area contributed by atoms with E-state index in [4.69, 9.17) is 0 Å². The van der Waals surface area contributed by atoms with E-state index in [-0.39, 0.29) is 5.82 Å². The van der Waals surface area contributed by atoms with Gasteiger partial charge in [-0.15, -0.1) is 0 Å². The highest BCUT2D eigenvalue weighted by molar-refractivity contribution is 5.42. The van der Waals surface area contributed by atoms with Gasteiger partial charge in [-0.1, -0.05) is 13.8 Å². The lowest BCUT2D eigenvalue weighted by Crippen LogP contribution is -1.93. The molecule has 5 heteroatoms. The third-order valence-corrected chi connectivity index (χ3v) is 1.22. The maximum atomic E-state index is 10.1. The minimum absolute atomic E-state index is 0.135. The van der Waals surface area contributed by atoms with Gasteiger partial charge in [0.25, 0.3) is 0 Å². The second-order valence-electron chi connectivity index (χ2n) is 1.91. The average molecular weight is 183 g/mol. The van der Waals surface area contributed by atoms with Crippen molar-refractivity contribution in [2.24, 2.45) is 0 Å². The van der Waals surface area contributed by atoms with Crippen molar-refractivity contribution in [3.8, 4) is 0 Å².